The molecule has 8 nitrogen and oxygen atoms in total. The number of aryl methyl sites for hydroxylation is 1. The van der Waals surface area contributed by atoms with Gasteiger partial charge in [-0.05, 0) is 32.4 Å². The summed E-state index contributed by atoms with van der Waals surface area (Å²) in [7, 11) is 5.76. The number of aliphatic imine (C=N–C) groups is 1. The van der Waals surface area contributed by atoms with Gasteiger partial charge in [-0.3, -0.25) is 0 Å². The van der Waals surface area contributed by atoms with Crippen molar-refractivity contribution in [3.63, 3.8) is 0 Å². The lowest BCUT2D eigenvalue weighted by Crippen LogP contribution is -2.44. The minimum Gasteiger partial charge on any atom is -0.383 e. The molecule has 1 aromatic heterocycles. The highest BCUT2D eigenvalue weighted by Crippen LogP contribution is 2.10. The van der Waals surface area contributed by atoms with Gasteiger partial charge in [-0.2, -0.15) is 0 Å². The molecule has 2 N–H and O–H groups in total. The molecule has 0 radical (unpaired) electrons. The Labute approximate surface area is 168 Å². The molecule has 1 unspecified atom stereocenters. The molecule has 0 aliphatic heterocycles. The van der Waals surface area contributed by atoms with E-state index in [1.807, 2.05) is 24.6 Å². The van der Waals surface area contributed by atoms with Crippen LogP contribution in [0, 0.1) is 6.92 Å². The minimum atomic E-state index is 0.157. The number of benzene rings is 1. The smallest absolute Gasteiger partial charge is 0.191 e. The number of hydrogen-bond acceptors (Lipinski definition) is 5. The monoisotopic (exact) mass is 387 g/mol. The van der Waals surface area contributed by atoms with Crippen molar-refractivity contribution in [3.8, 4) is 0 Å². The van der Waals surface area contributed by atoms with Crippen LogP contribution in [0.15, 0.2) is 35.3 Å². The molecule has 2 rings (SSSR count). The Morgan fingerprint density at radius 3 is 2.68 bits per heavy atom. The van der Waals surface area contributed by atoms with Crippen molar-refractivity contribution in [1.29, 1.82) is 0 Å². The van der Waals surface area contributed by atoms with Crippen LogP contribution in [0.5, 0.6) is 0 Å². The van der Waals surface area contributed by atoms with E-state index in [9.17, 15) is 0 Å². The number of nitrogens with zero attached hydrogens (tertiary/aromatic N) is 5. The topological polar surface area (TPSA) is 79.6 Å². The van der Waals surface area contributed by atoms with Gasteiger partial charge in [-0.15, -0.1) is 10.2 Å². The zero-order valence-electron chi connectivity index (χ0n) is 17.6. The second-order valence-corrected chi connectivity index (χ2v) is 6.93. The van der Waals surface area contributed by atoms with Crippen LogP contribution < -0.4 is 15.5 Å². The average Bonchev–Trinajstić information content (AvgIpc) is 3.01. The van der Waals surface area contributed by atoms with Crippen molar-refractivity contribution in [2.24, 2.45) is 12.0 Å². The van der Waals surface area contributed by atoms with Crippen LogP contribution in [0.1, 0.15) is 25.0 Å². The molecule has 0 bridgehead atoms. The number of ether oxygens (including phenoxy) is 1. The Kier molecular flexibility index (Phi) is 8.74. The molecule has 28 heavy (non-hydrogen) atoms. The van der Waals surface area contributed by atoms with Crippen LogP contribution in [0.4, 0.5) is 5.69 Å². The number of anilines is 1. The molecule has 1 atom stereocenters. The molecule has 0 aliphatic carbocycles. The first-order valence-electron chi connectivity index (χ1n) is 9.66. The van der Waals surface area contributed by atoms with E-state index >= 15 is 0 Å². The lowest BCUT2D eigenvalue weighted by molar-refractivity contribution is 0.179. The normalized spacial score (nSPS) is 12.7. The van der Waals surface area contributed by atoms with E-state index in [1.54, 1.807) is 7.11 Å². The first kappa shape index (κ1) is 21.7. The maximum absolute atomic E-state index is 5.22. The number of aromatic nitrogens is 3. The summed E-state index contributed by atoms with van der Waals surface area (Å²) in [6.07, 6.45) is 0.994. The van der Waals surface area contributed by atoms with Crippen LogP contribution in [0.25, 0.3) is 0 Å². The highest BCUT2D eigenvalue weighted by atomic mass is 16.5. The molecular weight excluding hydrogens is 354 g/mol. The predicted molar refractivity (Wildman–Crippen MR) is 114 cm³/mol. The predicted octanol–water partition coefficient (Wildman–Crippen LogP) is 1.72. The number of nitrogens with one attached hydrogen (secondary N) is 2. The van der Waals surface area contributed by atoms with Gasteiger partial charge in [0, 0.05) is 46.0 Å². The van der Waals surface area contributed by atoms with Gasteiger partial charge < -0.3 is 24.8 Å². The van der Waals surface area contributed by atoms with Gasteiger partial charge in [0.15, 0.2) is 11.8 Å². The fraction of sp³-hybridized carbons (Fsp3) is 0.550. The van der Waals surface area contributed by atoms with Crippen molar-refractivity contribution in [2.45, 2.75) is 32.9 Å². The molecule has 0 saturated carbocycles. The number of para-hydroxylation sites is 1. The van der Waals surface area contributed by atoms with Crippen LogP contribution in [-0.2, 0) is 18.3 Å². The number of rotatable bonds is 10. The molecule has 0 spiro atoms. The molecule has 8 heteroatoms. The second kappa shape index (κ2) is 11.3. The van der Waals surface area contributed by atoms with Gasteiger partial charge in [0.25, 0.3) is 0 Å². The number of guanidine groups is 1. The Balaban J connectivity index is 1.88. The van der Waals surface area contributed by atoms with Gasteiger partial charge in [0.05, 0.1) is 6.61 Å². The van der Waals surface area contributed by atoms with E-state index in [4.69, 9.17) is 4.74 Å². The van der Waals surface area contributed by atoms with Crippen molar-refractivity contribution in [3.05, 3.63) is 42.0 Å². The lowest BCUT2D eigenvalue weighted by Gasteiger charge is -2.21. The summed E-state index contributed by atoms with van der Waals surface area (Å²) < 4.78 is 7.17. The minimum absolute atomic E-state index is 0.157. The summed E-state index contributed by atoms with van der Waals surface area (Å²) in [6, 6.07) is 10.6. The van der Waals surface area contributed by atoms with Crippen molar-refractivity contribution in [2.75, 3.05) is 38.8 Å². The van der Waals surface area contributed by atoms with E-state index in [0.717, 1.165) is 37.1 Å². The Morgan fingerprint density at radius 2 is 2.04 bits per heavy atom. The van der Waals surface area contributed by atoms with Gasteiger partial charge in [0.2, 0.25) is 0 Å². The zero-order chi connectivity index (χ0) is 20.4. The fourth-order valence-electron chi connectivity index (χ4n) is 2.75. The maximum atomic E-state index is 5.22. The summed E-state index contributed by atoms with van der Waals surface area (Å²) in [5.41, 5.74) is 1.22. The SMILES string of the molecule is COCC(C)NC(=NCc1nnc(C)n1C)NCCCN(C)c1ccccc1. The third-order valence-electron chi connectivity index (χ3n) is 4.52. The second-order valence-electron chi connectivity index (χ2n) is 6.93. The largest absolute Gasteiger partial charge is 0.383 e. The lowest BCUT2D eigenvalue weighted by atomic mass is 10.3. The van der Waals surface area contributed by atoms with E-state index in [0.29, 0.717) is 13.2 Å². The van der Waals surface area contributed by atoms with E-state index < -0.39 is 0 Å². The van der Waals surface area contributed by atoms with E-state index in [1.165, 1.54) is 5.69 Å². The van der Waals surface area contributed by atoms with Crippen molar-refractivity contribution < 1.29 is 4.74 Å². The fourth-order valence-corrected chi connectivity index (χ4v) is 2.75. The van der Waals surface area contributed by atoms with Gasteiger partial charge in [-0.25, -0.2) is 4.99 Å². The molecule has 0 saturated heterocycles. The van der Waals surface area contributed by atoms with Crippen LogP contribution in [-0.4, -0.2) is 60.6 Å². The summed E-state index contributed by atoms with van der Waals surface area (Å²) in [4.78, 5) is 6.92. The average molecular weight is 388 g/mol. The Hall–Kier alpha value is -2.61. The molecule has 0 aliphatic rings. The van der Waals surface area contributed by atoms with Crippen LogP contribution in [0.2, 0.25) is 0 Å². The number of methoxy groups -OCH3 is 1. The summed E-state index contributed by atoms with van der Waals surface area (Å²) in [5, 5.41) is 15.0. The van der Waals surface area contributed by atoms with Gasteiger partial charge >= 0.3 is 0 Å². The molecule has 0 amide bonds. The van der Waals surface area contributed by atoms with E-state index in [-0.39, 0.29) is 6.04 Å². The quantitative estimate of drug-likeness (QED) is 0.367. The summed E-state index contributed by atoms with van der Waals surface area (Å²) in [6.45, 7) is 6.86. The zero-order valence-corrected chi connectivity index (χ0v) is 17.6. The van der Waals surface area contributed by atoms with Crippen molar-refractivity contribution in [1.82, 2.24) is 25.4 Å². The van der Waals surface area contributed by atoms with E-state index in [2.05, 4.69) is 69.0 Å². The molecule has 1 aromatic carbocycles. The number of hydrogen-bond donors (Lipinski definition) is 2. The Morgan fingerprint density at radius 1 is 1.29 bits per heavy atom. The summed E-state index contributed by atoms with van der Waals surface area (Å²) in [5.74, 6) is 2.47. The third-order valence-corrected chi connectivity index (χ3v) is 4.52. The summed E-state index contributed by atoms with van der Waals surface area (Å²) >= 11 is 0. The van der Waals surface area contributed by atoms with Crippen LogP contribution in [0.3, 0.4) is 0 Å². The standard InChI is InChI=1S/C20H33N7O/c1-16(15-28-5)23-20(22-14-19-25-24-17(2)27(19)4)21-12-9-13-26(3)18-10-7-6-8-11-18/h6-8,10-11,16H,9,12-15H2,1-5H3,(H2,21,22,23). The van der Waals surface area contributed by atoms with Gasteiger partial charge in [0.1, 0.15) is 12.4 Å². The first-order valence-corrected chi connectivity index (χ1v) is 9.66. The van der Waals surface area contributed by atoms with Crippen LogP contribution >= 0.6 is 0 Å². The molecule has 0 fully saturated rings. The highest BCUT2D eigenvalue weighted by Gasteiger charge is 2.08. The molecule has 154 valence electrons. The maximum Gasteiger partial charge on any atom is 0.191 e. The highest BCUT2D eigenvalue weighted by molar-refractivity contribution is 5.80. The molecular formula is C20H33N7O. The third kappa shape index (κ3) is 6.84. The Bertz CT molecular complexity index is 729. The van der Waals surface area contributed by atoms with Crippen molar-refractivity contribution >= 4 is 11.6 Å². The first-order chi connectivity index (χ1) is 13.5. The molecule has 1 heterocycles. The van der Waals surface area contributed by atoms with Gasteiger partial charge in [-0.1, -0.05) is 18.2 Å². The molecule has 2 aromatic rings.